The van der Waals surface area contributed by atoms with Gasteiger partial charge < -0.3 is 15.2 Å². The van der Waals surface area contributed by atoms with Gasteiger partial charge in [-0.05, 0) is 50.2 Å². The van der Waals surface area contributed by atoms with Crippen molar-refractivity contribution in [3.8, 4) is 0 Å². The first kappa shape index (κ1) is 15.3. The molecule has 1 amide bonds. The number of hydrogen-bond donors (Lipinski definition) is 2. The summed E-state index contributed by atoms with van der Waals surface area (Å²) in [5.41, 5.74) is 3.10. The number of benzene rings is 1. The van der Waals surface area contributed by atoms with Gasteiger partial charge in [0, 0.05) is 23.6 Å². The van der Waals surface area contributed by atoms with E-state index in [2.05, 4.69) is 24.5 Å². The van der Waals surface area contributed by atoms with Gasteiger partial charge in [-0.25, -0.2) is 0 Å². The highest BCUT2D eigenvalue weighted by molar-refractivity contribution is 5.90. The van der Waals surface area contributed by atoms with Gasteiger partial charge in [-0.3, -0.25) is 4.79 Å². The zero-order valence-electron chi connectivity index (χ0n) is 12.9. The Bertz CT molecular complexity index is 604. The monoisotopic (exact) mass is 285 g/mol. The van der Waals surface area contributed by atoms with E-state index in [9.17, 15) is 4.79 Å². The van der Waals surface area contributed by atoms with Gasteiger partial charge in [-0.1, -0.05) is 19.1 Å². The largest absolute Gasteiger partial charge is 0.341 e. The number of amides is 1. The molecule has 0 saturated heterocycles. The second kappa shape index (κ2) is 7.09. The van der Waals surface area contributed by atoms with E-state index in [0.717, 1.165) is 23.5 Å². The molecule has 1 aromatic carbocycles. The third kappa shape index (κ3) is 4.20. The first-order chi connectivity index (χ1) is 10.1. The third-order valence-electron chi connectivity index (χ3n) is 3.43. The molecule has 0 aliphatic carbocycles. The van der Waals surface area contributed by atoms with Crippen molar-refractivity contribution in [2.45, 2.75) is 33.4 Å². The Morgan fingerprint density at radius 1 is 1.29 bits per heavy atom. The summed E-state index contributed by atoms with van der Waals surface area (Å²) in [5.74, 6) is -0.0123. The Kier molecular flexibility index (Phi) is 5.17. The Labute approximate surface area is 126 Å². The fraction of sp³-hybridized carbons (Fsp3) is 0.353. The second-order valence-corrected chi connectivity index (χ2v) is 5.26. The molecule has 112 valence electrons. The minimum atomic E-state index is -0.0123. The van der Waals surface area contributed by atoms with Gasteiger partial charge >= 0.3 is 0 Å². The van der Waals surface area contributed by atoms with Gasteiger partial charge in [-0.2, -0.15) is 0 Å². The number of nitrogens with one attached hydrogen (secondary N) is 2. The molecule has 2 aromatic rings. The van der Waals surface area contributed by atoms with Crippen molar-refractivity contribution < 1.29 is 4.79 Å². The predicted molar refractivity (Wildman–Crippen MR) is 86.3 cm³/mol. The average molecular weight is 285 g/mol. The Morgan fingerprint density at radius 2 is 2.10 bits per heavy atom. The van der Waals surface area contributed by atoms with Crippen molar-refractivity contribution in [1.82, 2.24) is 9.88 Å². The number of anilines is 1. The predicted octanol–water partition coefficient (Wildman–Crippen LogP) is 3.11. The number of aryl methyl sites for hydroxylation is 1. The minimum absolute atomic E-state index is 0.0123. The third-order valence-corrected chi connectivity index (χ3v) is 3.43. The maximum absolute atomic E-state index is 12.2. The number of rotatable bonds is 6. The Morgan fingerprint density at radius 3 is 2.81 bits per heavy atom. The molecule has 0 fully saturated rings. The van der Waals surface area contributed by atoms with E-state index in [1.54, 1.807) is 0 Å². The van der Waals surface area contributed by atoms with Crippen LogP contribution in [0.1, 0.15) is 31.1 Å². The lowest BCUT2D eigenvalue weighted by molar-refractivity contribution is -0.116. The van der Waals surface area contributed by atoms with Gasteiger partial charge in [0.05, 0.1) is 0 Å². The Balaban J connectivity index is 2.02. The topological polar surface area (TPSA) is 46.1 Å². The summed E-state index contributed by atoms with van der Waals surface area (Å²) in [4.78, 5) is 12.2. The molecule has 4 nitrogen and oxygen atoms in total. The highest BCUT2D eigenvalue weighted by Gasteiger charge is 2.11. The number of nitrogens with zero attached hydrogens (tertiary/aromatic N) is 1. The van der Waals surface area contributed by atoms with E-state index in [1.165, 1.54) is 0 Å². The smallest absolute Gasteiger partial charge is 0.244 e. The van der Waals surface area contributed by atoms with Gasteiger partial charge in [0.2, 0.25) is 5.91 Å². The summed E-state index contributed by atoms with van der Waals surface area (Å²) in [6.07, 6.45) is 1.94. The molecule has 2 N–H and O–H groups in total. The fourth-order valence-corrected chi connectivity index (χ4v) is 2.45. The normalized spacial score (nSPS) is 12.1. The van der Waals surface area contributed by atoms with E-state index in [1.807, 2.05) is 54.1 Å². The average Bonchev–Trinajstić information content (AvgIpc) is 2.87. The van der Waals surface area contributed by atoms with Crippen LogP contribution in [0.3, 0.4) is 0 Å². The number of aromatic nitrogens is 1. The number of carbonyl (C=O) groups is 1. The van der Waals surface area contributed by atoms with Crippen LogP contribution >= 0.6 is 0 Å². The molecular formula is C17H23N3O. The first-order valence-electron chi connectivity index (χ1n) is 7.35. The maximum atomic E-state index is 12.2. The molecule has 1 heterocycles. The molecule has 0 spiro atoms. The van der Waals surface area contributed by atoms with E-state index in [4.69, 9.17) is 0 Å². The molecule has 1 aromatic heterocycles. The van der Waals surface area contributed by atoms with Crippen LogP contribution in [0.25, 0.3) is 0 Å². The minimum Gasteiger partial charge on any atom is -0.341 e. The van der Waals surface area contributed by atoms with Gasteiger partial charge in [0.1, 0.15) is 6.54 Å². The molecule has 0 saturated carbocycles. The number of carbonyl (C=O) groups excluding carboxylic acids is 1. The van der Waals surface area contributed by atoms with Crippen LogP contribution in [0.15, 0.2) is 42.6 Å². The van der Waals surface area contributed by atoms with Crippen LogP contribution in [-0.2, 0) is 11.3 Å². The quantitative estimate of drug-likeness (QED) is 0.856. The molecule has 0 bridgehead atoms. The SMILES string of the molecule is CCNC(C)c1cccn1CC(=O)Nc1cccc(C)c1. The van der Waals surface area contributed by atoms with Gasteiger partial charge in [0.25, 0.3) is 0 Å². The summed E-state index contributed by atoms with van der Waals surface area (Å²) >= 11 is 0. The summed E-state index contributed by atoms with van der Waals surface area (Å²) in [5, 5.41) is 6.31. The van der Waals surface area contributed by atoms with Crippen molar-refractivity contribution in [2.75, 3.05) is 11.9 Å². The highest BCUT2D eigenvalue weighted by Crippen LogP contribution is 2.14. The Hall–Kier alpha value is -2.07. The lowest BCUT2D eigenvalue weighted by atomic mass is 10.2. The molecule has 0 radical (unpaired) electrons. The summed E-state index contributed by atoms with van der Waals surface area (Å²) in [6.45, 7) is 7.42. The van der Waals surface area contributed by atoms with E-state index in [-0.39, 0.29) is 11.9 Å². The van der Waals surface area contributed by atoms with Crippen molar-refractivity contribution in [3.05, 3.63) is 53.9 Å². The first-order valence-corrected chi connectivity index (χ1v) is 7.35. The molecule has 4 heteroatoms. The van der Waals surface area contributed by atoms with Crippen molar-refractivity contribution in [2.24, 2.45) is 0 Å². The second-order valence-electron chi connectivity index (χ2n) is 5.26. The molecule has 1 atom stereocenters. The van der Waals surface area contributed by atoms with Crippen LogP contribution in [0, 0.1) is 6.92 Å². The highest BCUT2D eigenvalue weighted by atomic mass is 16.1. The summed E-state index contributed by atoms with van der Waals surface area (Å²) in [7, 11) is 0. The van der Waals surface area contributed by atoms with E-state index < -0.39 is 0 Å². The van der Waals surface area contributed by atoms with Crippen molar-refractivity contribution >= 4 is 11.6 Å². The lowest BCUT2D eigenvalue weighted by Gasteiger charge is -2.16. The summed E-state index contributed by atoms with van der Waals surface area (Å²) in [6, 6.07) is 12.1. The van der Waals surface area contributed by atoms with Crippen LogP contribution in [0.5, 0.6) is 0 Å². The van der Waals surface area contributed by atoms with E-state index in [0.29, 0.717) is 6.54 Å². The van der Waals surface area contributed by atoms with Gasteiger partial charge in [-0.15, -0.1) is 0 Å². The lowest BCUT2D eigenvalue weighted by Crippen LogP contribution is -2.24. The zero-order chi connectivity index (χ0) is 15.2. The van der Waals surface area contributed by atoms with Crippen LogP contribution in [-0.4, -0.2) is 17.0 Å². The molecule has 21 heavy (non-hydrogen) atoms. The molecule has 0 aliphatic heterocycles. The maximum Gasteiger partial charge on any atom is 0.244 e. The molecular weight excluding hydrogens is 262 g/mol. The zero-order valence-corrected chi connectivity index (χ0v) is 12.9. The standard InChI is InChI=1S/C17H23N3O/c1-4-18-14(3)16-9-6-10-20(16)12-17(21)19-15-8-5-7-13(2)11-15/h5-11,14,18H,4,12H2,1-3H3,(H,19,21). The van der Waals surface area contributed by atoms with Crippen LogP contribution in [0.2, 0.25) is 0 Å². The van der Waals surface area contributed by atoms with Crippen molar-refractivity contribution in [3.63, 3.8) is 0 Å². The fourth-order valence-electron chi connectivity index (χ4n) is 2.45. The van der Waals surface area contributed by atoms with Crippen molar-refractivity contribution in [1.29, 1.82) is 0 Å². The summed E-state index contributed by atoms with van der Waals surface area (Å²) < 4.78 is 1.98. The van der Waals surface area contributed by atoms with E-state index >= 15 is 0 Å². The van der Waals surface area contributed by atoms with Crippen LogP contribution < -0.4 is 10.6 Å². The molecule has 0 aliphatic rings. The number of hydrogen-bond acceptors (Lipinski definition) is 2. The van der Waals surface area contributed by atoms with Gasteiger partial charge in [0.15, 0.2) is 0 Å². The molecule has 1 unspecified atom stereocenters. The molecule has 2 rings (SSSR count). The van der Waals surface area contributed by atoms with Crippen LogP contribution in [0.4, 0.5) is 5.69 Å².